The molecule has 3 heteroatoms. The van der Waals surface area contributed by atoms with Crippen LogP contribution in [0.2, 0.25) is 0 Å². The Kier molecular flexibility index (Phi) is 5.92. The summed E-state index contributed by atoms with van der Waals surface area (Å²) in [5.74, 6) is -0.0856. The van der Waals surface area contributed by atoms with Crippen LogP contribution in [0.5, 0.6) is 0 Å². The zero-order valence-corrected chi connectivity index (χ0v) is 16.7. The molecule has 0 amide bonds. The van der Waals surface area contributed by atoms with Crippen molar-refractivity contribution in [3.05, 3.63) is 76.9 Å². The SMILES string of the molecule is COC(=O)[C@H]1CCCCN1CCC=C1c2ccccc2CCc2ccccc21. The first kappa shape index (κ1) is 18.9. The van der Waals surface area contributed by atoms with Gasteiger partial charge in [0.15, 0.2) is 0 Å². The molecule has 0 spiro atoms. The number of nitrogens with zero attached hydrogens (tertiary/aromatic N) is 1. The lowest BCUT2D eigenvalue weighted by molar-refractivity contribution is -0.148. The highest BCUT2D eigenvalue weighted by atomic mass is 16.5. The van der Waals surface area contributed by atoms with E-state index in [-0.39, 0.29) is 12.0 Å². The standard InChI is InChI=1S/C25H29NO2/c1-28-25(27)24-14-6-7-17-26(24)18-8-13-23-21-11-4-2-9-19(21)15-16-20-10-3-5-12-22(20)23/h2-5,9-13,24H,6-8,14-18H2,1H3/t24-/m1/s1. The third kappa shape index (κ3) is 3.90. The minimum absolute atomic E-state index is 0.0779. The molecule has 0 aromatic heterocycles. The Morgan fingerprint density at radius 1 is 1.04 bits per heavy atom. The van der Waals surface area contributed by atoms with Gasteiger partial charge in [-0.3, -0.25) is 9.69 Å². The average Bonchev–Trinajstić information content (AvgIpc) is 2.91. The summed E-state index contributed by atoms with van der Waals surface area (Å²) in [5, 5.41) is 0. The van der Waals surface area contributed by atoms with E-state index in [9.17, 15) is 4.79 Å². The zero-order chi connectivity index (χ0) is 19.3. The summed E-state index contributed by atoms with van der Waals surface area (Å²) in [7, 11) is 1.50. The Balaban J connectivity index is 1.59. The minimum Gasteiger partial charge on any atom is -0.468 e. The maximum Gasteiger partial charge on any atom is 0.323 e. The summed E-state index contributed by atoms with van der Waals surface area (Å²) in [4.78, 5) is 14.4. The van der Waals surface area contributed by atoms with Crippen molar-refractivity contribution in [1.29, 1.82) is 0 Å². The van der Waals surface area contributed by atoms with Gasteiger partial charge in [0, 0.05) is 6.54 Å². The number of piperidine rings is 1. The highest BCUT2D eigenvalue weighted by molar-refractivity contribution is 5.84. The fourth-order valence-electron chi connectivity index (χ4n) is 4.67. The fourth-order valence-corrected chi connectivity index (χ4v) is 4.67. The molecule has 2 aromatic rings. The predicted molar refractivity (Wildman–Crippen MR) is 113 cm³/mol. The Bertz CT molecular complexity index is 821. The van der Waals surface area contributed by atoms with Gasteiger partial charge in [-0.1, -0.05) is 61.0 Å². The monoisotopic (exact) mass is 375 g/mol. The summed E-state index contributed by atoms with van der Waals surface area (Å²) in [6, 6.07) is 17.5. The van der Waals surface area contributed by atoms with Crippen LogP contribution in [0.3, 0.4) is 0 Å². The second-order valence-corrected chi connectivity index (χ2v) is 7.79. The van der Waals surface area contributed by atoms with Crippen LogP contribution in [0.25, 0.3) is 5.57 Å². The lowest BCUT2D eigenvalue weighted by Gasteiger charge is -2.33. The maximum absolute atomic E-state index is 12.1. The van der Waals surface area contributed by atoms with Crippen LogP contribution in [0.1, 0.15) is 47.9 Å². The van der Waals surface area contributed by atoms with Gasteiger partial charge in [-0.25, -0.2) is 0 Å². The smallest absolute Gasteiger partial charge is 0.323 e. The summed E-state index contributed by atoms with van der Waals surface area (Å²) < 4.78 is 5.03. The summed E-state index contributed by atoms with van der Waals surface area (Å²) in [6.45, 7) is 1.88. The molecule has 2 aliphatic rings. The fraction of sp³-hybridized carbons (Fsp3) is 0.400. The highest BCUT2D eigenvalue weighted by Crippen LogP contribution is 2.33. The van der Waals surface area contributed by atoms with Crippen molar-refractivity contribution in [3.8, 4) is 0 Å². The number of likely N-dealkylation sites (tertiary alicyclic amines) is 1. The molecule has 2 aromatic carbocycles. The topological polar surface area (TPSA) is 29.5 Å². The third-order valence-electron chi connectivity index (χ3n) is 6.13. The average molecular weight is 376 g/mol. The Labute approximate surface area is 168 Å². The number of hydrogen-bond donors (Lipinski definition) is 0. The van der Waals surface area contributed by atoms with E-state index in [1.807, 2.05) is 0 Å². The molecule has 146 valence electrons. The lowest BCUT2D eigenvalue weighted by Crippen LogP contribution is -2.45. The molecule has 1 aliphatic carbocycles. The summed E-state index contributed by atoms with van der Waals surface area (Å²) >= 11 is 0. The van der Waals surface area contributed by atoms with Crippen LogP contribution in [-0.2, 0) is 22.4 Å². The quantitative estimate of drug-likeness (QED) is 0.730. The van der Waals surface area contributed by atoms with Gasteiger partial charge >= 0.3 is 5.97 Å². The number of benzene rings is 2. The Hall–Kier alpha value is -2.39. The lowest BCUT2D eigenvalue weighted by atomic mass is 9.93. The first-order valence-electron chi connectivity index (χ1n) is 10.5. The van der Waals surface area contributed by atoms with Crippen molar-refractivity contribution in [2.24, 2.45) is 0 Å². The molecular weight excluding hydrogens is 346 g/mol. The molecule has 4 rings (SSSR count). The van der Waals surface area contributed by atoms with E-state index in [4.69, 9.17) is 4.74 Å². The largest absolute Gasteiger partial charge is 0.468 e. The van der Waals surface area contributed by atoms with Crippen LogP contribution >= 0.6 is 0 Å². The van der Waals surface area contributed by atoms with Crippen molar-refractivity contribution in [3.63, 3.8) is 0 Å². The molecule has 1 aliphatic heterocycles. The van der Waals surface area contributed by atoms with E-state index in [0.29, 0.717) is 0 Å². The second kappa shape index (κ2) is 8.74. The Morgan fingerprint density at radius 2 is 1.68 bits per heavy atom. The van der Waals surface area contributed by atoms with Gasteiger partial charge in [-0.15, -0.1) is 0 Å². The number of methoxy groups -OCH3 is 1. The summed E-state index contributed by atoms with van der Waals surface area (Å²) in [5.41, 5.74) is 6.91. The van der Waals surface area contributed by atoms with Crippen LogP contribution in [0, 0.1) is 0 Å². The van der Waals surface area contributed by atoms with Crippen molar-refractivity contribution < 1.29 is 9.53 Å². The maximum atomic E-state index is 12.1. The second-order valence-electron chi connectivity index (χ2n) is 7.79. The van der Waals surface area contributed by atoms with Crippen molar-refractivity contribution in [1.82, 2.24) is 4.90 Å². The van der Waals surface area contributed by atoms with Crippen LogP contribution in [0.4, 0.5) is 0 Å². The number of hydrogen-bond acceptors (Lipinski definition) is 3. The van der Waals surface area contributed by atoms with Gasteiger partial charge in [0.25, 0.3) is 0 Å². The zero-order valence-electron chi connectivity index (χ0n) is 16.7. The molecule has 0 radical (unpaired) electrons. The van der Waals surface area contributed by atoms with Gasteiger partial charge in [-0.05, 0) is 66.5 Å². The number of rotatable bonds is 4. The van der Waals surface area contributed by atoms with Crippen molar-refractivity contribution >= 4 is 11.5 Å². The van der Waals surface area contributed by atoms with Gasteiger partial charge in [0.05, 0.1) is 7.11 Å². The van der Waals surface area contributed by atoms with Gasteiger partial charge in [0.2, 0.25) is 0 Å². The van der Waals surface area contributed by atoms with Crippen LogP contribution < -0.4 is 0 Å². The molecule has 1 saturated heterocycles. The highest BCUT2D eigenvalue weighted by Gasteiger charge is 2.28. The number of ether oxygens (including phenoxy) is 1. The molecule has 0 bridgehead atoms. The van der Waals surface area contributed by atoms with E-state index in [1.165, 1.54) is 34.9 Å². The molecule has 3 nitrogen and oxygen atoms in total. The van der Waals surface area contributed by atoms with E-state index < -0.39 is 0 Å². The number of aryl methyl sites for hydroxylation is 2. The number of esters is 1. The molecule has 0 N–H and O–H groups in total. The molecule has 0 unspecified atom stereocenters. The van der Waals surface area contributed by atoms with Gasteiger partial charge in [-0.2, -0.15) is 0 Å². The molecule has 1 heterocycles. The predicted octanol–water partition coefficient (Wildman–Crippen LogP) is 4.63. The van der Waals surface area contributed by atoms with Crippen LogP contribution in [0.15, 0.2) is 54.6 Å². The van der Waals surface area contributed by atoms with E-state index >= 15 is 0 Å². The van der Waals surface area contributed by atoms with Crippen molar-refractivity contribution in [2.45, 2.75) is 44.6 Å². The van der Waals surface area contributed by atoms with Gasteiger partial charge in [0.1, 0.15) is 6.04 Å². The number of carbonyl (C=O) groups is 1. The molecule has 1 atom stereocenters. The Morgan fingerprint density at radius 3 is 2.32 bits per heavy atom. The van der Waals surface area contributed by atoms with Crippen molar-refractivity contribution in [2.75, 3.05) is 20.2 Å². The molecule has 1 fully saturated rings. The first-order chi connectivity index (χ1) is 13.8. The van der Waals surface area contributed by atoms with Crippen LogP contribution in [-0.4, -0.2) is 37.1 Å². The van der Waals surface area contributed by atoms with E-state index in [2.05, 4.69) is 59.5 Å². The molecule has 28 heavy (non-hydrogen) atoms. The molecule has 0 saturated carbocycles. The number of carbonyl (C=O) groups excluding carboxylic acids is 1. The van der Waals surface area contributed by atoms with E-state index in [0.717, 1.165) is 51.6 Å². The minimum atomic E-state index is -0.0856. The summed E-state index contributed by atoms with van der Waals surface area (Å²) in [6.07, 6.45) is 8.67. The number of fused-ring (bicyclic) bond motifs is 2. The third-order valence-corrected chi connectivity index (χ3v) is 6.13. The first-order valence-corrected chi connectivity index (χ1v) is 10.5. The molecular formula is C25H29NO2. The van der Waals surface area contributed by atoms with Gasteiger partial charge < -0.3 is 4.74 Å². The van der Waals surface area contributed by atoms with E-state index in [1.54, 1.807) is 0 Å². The normalized spacial score (nSPS) is 19.3.